The first kappa shape index (κ1) is 9.09. The number of carbonyl (C=O) groups is 1. The number of hydrogen-bond acceptors (Lipinski definition) is 5. The molecular formula is C2H4NO6P. The van der Waals surface area contributed by atoms with Gasteiger partial charge in [-0.1, -0.05) is 5.16 Å². The van der Waals surface area contributed by atoms with E-state index in [2.05, 4.69) is 9.68 Å². The van der Waals surface area contributed by atoms with E-state index in [1.807, 2.05) is 0 Å². The summed E-state index contributed by atoms with van der Waals surface area (Å²) >= 11 is 0. The van der Waals surface area contributed by atoms with Crippen LogP contribution in [0.4, 0.5) is 0 Å². The third kappa shape index (κ3) is 5.23. The highest BCUT2D eigenvalue weighted by molar-refractivity contribution is 7.47. The van der Waals surface area contributed by atoms with Crippen LogP contribution >= 0.6 is 7.82 Å². The van der Waals surface area contributed by atoms with E-state index in [-0.39, 0.29) is 6.21 Å². The van der Waals surface area contributed by atoms with E-state index in [0.29, 0.717) is 0 Å². The molecule has 8 heteroatoms. The molecule has 0 unspecified atom stereocenters. The molecule has 0 saturated carbocycles. The molecule has 0 aliphatic rings. The molecule has 10 heavy (non-hydrogen) atoms. The topological polar surface area (TPSA) is 116 Å². The zero-order valence-corrected chi connectivity index (χ0v) is 5.43. The van der Waals surface area contributed by atoms with Crippen molar-refractivity contribution in [3.05, 3.63) is 0 Å². The summed E-state index contributed by atoms with van der Waals surface area (Å²) in [6.45, 7) is 0. The van der Waals surface area contributed by atoms with Gasteiger partial charge < -0.3 is 9.73 Å². The minimum atomic E-state index is -4.80. The van der Waals surface area contributed by atoms with Gasteiger partial charge in [0, 0.05) is 0 Å². The third-order valence-corrected chi connectivity index (χ3v) is 0.790. The van der Waals surface area contributed by atoms with Crippen LogP contribution in [0.1, 0.15) is 0 Å². The van der Waals surface area contributed by atoms with Crippen molar-refractivity contribution in [2.75, 3.05) is 0 Å². The van der Waals surface area contributed by atoms with Crippen molar-refractivity contribution < 1.29 is 28.9 Å². The smallest absolute Gasteiger partial charge is 0.411 e. The molecule has 0 aromatic rings. The van der Waals surface area contributed by atoms with E-state index in [1.165, 1.54) is 0 Å². The summed E-state index contributed by atoms with van der Waals surface area (Å²) in [5, 5.41) is 9.83. The Morgan fingerprint density at radius 2 is 2.10 bits per heavy atom. The summed E-state index contributed by atoms with van der Waals surface area (Å²) in [4.78, 5) is 25.9. The molecule has 0 fully saturated rings. The molecule has 0 aliphatic heterocycles. The molecule has 58 valence electrons. The molecule has 0 aliphatic carbocycles. The quantitative estimate of drug-likeness (QED) is 0.213. The lowest BCUT2D eigenvalue weighted by molar-refractivity contribution is -0.127. The molecule has 0 heterocycles. The average molecular weight is 169 g/mol. The van der Waals surface area contributed by atoms with Gasteiger partial charge in [0.05, 0.1) is 0 Å². The van der Waals surface area contributed by atoms with E-state index in [4.69, 9.17) is 15.0 Å². The SMILES string of the molecule is O=C(C=NO)OP(=O)(O)O. The maximum absolute atomic E-state index is 10.0. The Labute approximate surface area is 55.2 Å². The van der Waals surface area contributed by atoms with Crippen molar-refractivity contribution in [2.45, 2.75) is 0 Å². The van der Waals surface area contributed by atoms with Crippen molar-refractivity contribution in [3.8, 4) is 0 Å². The second-order valence-electron chi connectivity index (χ2n) is 1.15. The van der Waals surface area contributed by atoms with Crippen LogP contribution < -0.4 is 0 Å². The Balaban J connectivity index is 3.93. The summed E-state index contributed by atoms with van der Waals surface area (Å²) in [7, 11) is -4.80. The van der Waals surface area contributed by atoms with Gasteiger partial charge in [0.25, 0.3) is 0 Å². The van der Waals surface area contributed by atoms with Gasteiger partial charge in [-0.15, -0.1) is 0 Å². The lowest BCUT2D eigenvalue weighted by Gasteiger charge is -1.99. The summed E-state index contributed by atoms with van der Waals surface area (Å²) in [6, 6.07) is 0. The fraction of sp³-hybridized carbons (Fsp3) is 0. The Morgan fingerprint density at radius 3 is 2.40 bits per heavy atom. The first-order valence-corrected chi connectivity index (χ1v) is 3.45. The monoisotopic (exact) mass is 169 g/mol. The van der Waals surface area contributed by atoms with E-state index >= 15 is 0 Å². The van der Waals surface area contributed by atoms with Crippen molar-refractivity contribution in [1.82, 2.24) is 0 Å². The van der Waals surface area contributed by atoms with Crippen LogP contribution in [0.25, 0.3) is 0 Å². The maximum atomic E-state index is 10.0. The second-order valence-corrected chi connectivity index (χ2v) is 2.31. The first-order valence-electron chi connectivity index (χ1n) is 1.92. The molecule has 0 amide bonds. The molecule has 0 spiro atoms. The largest absolute Gasteiger partial charge is 0.527 e. The minimum Gasteiger partial charge on any atom is -0.411 e. The predicted octanol–water partition coefficient (Wildman–Crippen LogP) is -0.918. The second kappa shape index (κ2) is 3.31. The van der Waals surface area contributed by atoms with Crippen LogP contribution in [-0.2, 0) is 13.9 Å². The molecule has 0 rings (SSSR count). The van der Waals surface area contributed by atoms with Crippen LogP contribution in [0.15, 0.2) is 5.16 Å². The van der Waals surface area contributed by atoms with Gasteiger partial charge in [0.15, 0.2) is 6.21 Å². The minimum absolute atomic E-state index is 0.221. The summed E-state index contributed by atoms with van der Waals surface area (Å²) in [5.41, 5.74) is 0. The summed E-state index contributed by atoms with van der Waals surface area (Å²) in [6.07, 6.45) is 0.221. The number of carbonyl (C=O) groups excluding carboxylic acids is 1. The number of phosphoric ester groups is 1. The highest BCUT2D eigenvalue weighted by Gasteiger charge is 2.18. The van der Waals surface area contributed by atoms with Crippen LogP contribution in [0.3, 0.4) is 0 Å². The van der Waals surface area contributed by atoms with Crippen molar-refractivity contribution in [3.63, 3.8) is 0 Å². The third-order valence-electron chi connectivity index (χ3n) is 0.372. The molecule has 0 bridgehead atoms. The van der Waals surface area contributed by atoms with Crippen molar-refractivity contribution >= 4 is 20.0 Å². The van der Waals surface area contributed by atoms with Crippen LogP contribution in [0.2, 0.25) is 0 Å². The van der Waals surface area contributed by atoms with E-state index in [9.17, 15) is 9.36 Å². The number of oxime groups is 1. The van der Waals surface area contributed by atoms with Gasteiger partial charge in [-0.3, -0.25) is 9.79 Å². The van der Waals surface area contributed by atoms with Crippen LogP contribution in [0, 0.1) is 0 Å². The van der Waals surface area contributed by atoms with Gasteiger partial charge >= 0.3 is 13.8 Å². The van der Waals surface area contributed by atoms with E-state index in [0.717, 1.165) is 0 Å². The number of rotatable bonds is 2. The van der Waals surface area contributed by atoms with Crippen molar-refractivity contribution in [2.24, 2.45) is 5.16 Å². The van der Waals surface area contributed by atoms with E-state index in [1.54, 1.807) is 0 Å². The van der Waals surface area contributed by atoms with Gasteiger partial charge in [-0.05, 0) is 0 Å². The molecule has 0 atom stereocenters. The van der Waals surface area contributed by atoms with Gasteiger partial charge in [0.1, 0.15) is 0 Å². The Bertz CT molecular complexity index is 192. The highest BCUT2D eigenvalue weighted by atomic mass is 31.2. The lowest BCUT2D eigenvalue weighted by atomic mass is 10.8. The van der Waals surface area contributed by atoms with Gasteiger partial charge in [0.2, 0.25) is 0 Å². The standard InChI is InChI=1S/C2H4NO6P/c4-2(1-3-5)9-10(6,7)8/h1,5H,(H2,6,7,8). The molecular weight excluding hydrogens is 165 g/mol. The molecule has 0 aromatic heterocycles. The van der Waals surface area contributed by atoms with E-state index < -0.39 is 13.8 Å². The number of nitrogens with zero attached hydrogens (tertiary/aromatic N) is 1. The van der Waals surface area contributed by atoms with Crippen LogP contribution in [-0.4, -0.2) is 27.2 Å². The first-order chi connectivity index (χ1) is 4.45. The molecule has 0 saturated heterocycles. The summed E-state index contributed by atoms with van der Waals surface area (Å²) < 4.78 is 13.2. The fourth-order valence-electron chi connectivity index (χ4n) is 0.188. The van der Waals surface area contributed by atoms with Crippen molar-refractivity contribution in [1.29, 1.82) is 0 Å². The Kier molecular flexibility index (Phi) is 3.01. The Morgan fingerprint density at radius 1 is 1.60 bits per heavy atom. The fourth-order valence-corrected chi connectivity index (χ4v) is 0.469. The lowest BCUT2D eigenvalue weighted by Crippen LogP contribution is -2.02. The normalized spacial score (nSPS) is 11.8. The molecule has 3 N–H and O–H groups in total. The zero-order chi connectivity index (χ0) is 8.20. The number of phosphoric acid groups is 1. The molecule has 0 aromatic carbocycles. The maximum Gasteiger partial charge on any atom is 0.527 e. The van der Waals surface area contributed by atoms with Gasteiger partial charge in [-0.25, -0.2) is 9.36 Å². The Hall–Kier alpha value is -0.910. The van der Waals surface area contributed by atoms with Gasteiger partial charge in [-0.2, -0.15) is 0 Å². The summed E-state index contributed by atoms with van der Waals surface area (Å²) in [5.74, 6) is -1.41. The number of hydrogen-bond donors (Lipinski definition) is 3. The van der Waals surface area contributed by atoms with Crippen LogP contribution in [0.5, 0.6) is 0 Å². The average Bonchev–Trinajstić information content (AvgIpc) is 1.59. The molecule has 0 radical (unpaired) electrons. The molecule has 7 nitrogen and oxygen atoms in total. The predicted molar refractivity (Wildman–Crippen MR) is 28.4 cm³/mol. The zero-order valence-electron chi connectivity index (χ0n) is 4.54. The highest BCUT2D eigenvalue weighted by Crippen LogP contribution is 2.35.